The van der Waals surface area contributed by atoms with Crippen LogP contribution in [0.5, 0.6) is 11.5 Å². The molecule has 3 rings (SSSR count). The number of aromatic hydroxyl groups is 1. The molecule has 0 fully saturated rings. The van der Waals surface area contributed by atoms with Crippen LogP contribution in [-0.2, 0) is 9.53 Å². The Bertz CT molecular complexity index is 1050. The molecule has 2 aromatic rings. The van der Waals surface area contributed by atoms with Gasteiger partial charge in [-0.25, -0.2) is 9.79 Å². The number of nitrogens with zero attached hydrogens (tertiary/aromatic N) is 1. The Morgan fingerprint density at radius 1 is 1.24 bits per heavy atom. The van der Waals surface area contributed by atoms with Gasteiger partial charge >= 0.3 is 5.97 Å². The van der Waals surface area contributed by atoms with Gasteiger partial charge in [0.15, 0.2) is 0 Å². The Labute approximate surface area is 177 Å². The third-order valence-corrected chi connectivity index (χ3v) is 5.29. The van der Waals surface area contributed by atoms with Gasteiger partial charge in [0.25, 0.3) is 0 Å². The number of hydrogen-bond donors (Lipinski definition) is 2. The fourth-order valence-electron chi connectivity index (χ4n) is 2.60. The largest absolute Gasteiger partial charge is 0.508 e. The van der Waals surface area contributed by atoms with Gasteiger partial charge in [0.2, 0.25) is 0 Å². The molecule has 0 unspecified atom stereocenters. The maximum Gasteiger partial charge on any atom is 0.344 e. The first-order chi connectivity index (χ1) is 13.9. The zero-order valence-electron chi connectivity index (χ0n) is 15.7. The number of carbonyl (C=O) groups excluding carboxylic acids is 1. The van der Waals surface area contributed by atoms with Gasteiger partial charge in [-0.05, 0) is 37.3 Å². The smallest absolute Gasteiger partial charge is 0.344 e. The molecule has 1 aliphatic rings. The highest BCUT2D eigenvalue weighted by atomic mass is 35.5. The number of rotatable bonds is 5. The molecule has 0 aromatic heterocycles. The van der Waals surface area contributed by atoms with Crippen molar-refractivity contribution in [1.82, 2.24) is 0 Å². The van der Waals surface area contributed by atoms with Gasteiger partial charge in [0.05, 0.1) is 29.3 Å². The van der Waals surface area contributed by atoms with E-state index in [1.165, 1.54) is 19.2 Å². The standard InChI is InChI=1S/C21H18ClNO5S/c1-3-28-21(26)18-19(25)17(10-12-8-9-13(24)11-16(12)27-2)29-20(18)23-15-7-5-4-6-14(15)22/h4-11,24-25H,3H2,1-2H3/b17-10+,23-20?. The highest BCUT2D eigenvalue weighted by Gasteiger charge is 2.33. The summed E-state index contributed by atoms with van der Waals surface area (Å²) in [5.74, 6) is -0.449. The number of ether oxygens (including phenoxy) is 2. The van der Waals surface area contributed by atoms with Crippen molar-refractivity contribution in [3.63, 3.8) is 0 Å². The van der Waals surface area contributed by atoms with E-state index < -0.39 is 5.97 Å². The van der Waals surface area contributed by atoms with Crippen LogP contribution in [0.1, 0.15) is 12.5 Å². The predicted octanol–water partition coefficient (Wildman–Crippen LogP) is 5.25. The fourth-order valence-corrected chi connectivity index (χ4v) is 3.80. The highest BCUT2D eigenvalue weighted by Crippen LogP contribution is 2.42. The lowest BCUT2D eigenvalue weighted by Crippen LogP contribution is -2.12. The first-order valence-corrected chi connectivity index (χ1v) is 9.85. The molecule has 2 aromatic carbocycles. The SMILES string of the molecule is CCOC(=O)C1=C(O)/C(=C\c2ccc(O)cc2OC)SC1=Nc1ccccc1Cl. The maximum absolute atomic E-state index is 12.5. The number of methoxy groups -OCH3 is 1. The minimum Gasteiger partial charge on any atom is -0.508 e. The highest BCUT2D eigenvalue weighted by molar-refractivity contribution is 8.18. The van der Waals surface area contributed by atoms with Gasteiger partial charge in [-0.1, -0.05) is 35.5 Å². The van der Waals surface area contributed by atoms with E-state index in [2.05, 4.69) is 4.99 Å². The number of carbonyl (C=O) groups is 1. The van der Waals surface area contributed by atoms with Gasteiger partial charge in [-0.15, -0.1) is 0 Å². The van der Waals surface area contributed by atoms with Crippen molar-refractivity contribution in [1.29, 1.82) is 0 Å². The van der Waals surface area contributed by atoms with E-state index >= 15 is 0 Å². The number of halogens is 1. The van der Waals surface area contributed by atoms with Crippen molar-refractivity contribution in [3.05, 3.63) is 69.3 Å². The minimum absolute atomic E-state index is 0.0271. The zero-order chi connectivity index (χ0) is 21.0. The summed E-state index contributed by atoms with van der Waals surface area (Å²) in [7, 11) is 1.47. The van der Waals surface area contributed by atoms with Gasteiger partial charge < -0.3 is 19.7 Å². The molecule has 2 N–H and O–H groups in total. The van der Waals surface area contributed by atoms with Crippen LogP contribution in [0.15, 0.2) is 63.7 Å². The summed E-state index contributed by atoms with van der Waals surface area (Å²) in [6.45, 7) is 1.84. The molecule has 1 aliphatic heterocycles. The molecule has 0 atom stereocenters. The number of hydrogen-bond acceptors (Lipinski definition) is 7. The first-order valence-electron chi connectivity index (χ1n) is 8.65. The Kier molecular flexibility index (Phi) is 6.51. The molecule has 29 heavy (non-hydrogen) atoms. The van der Waals surface area contributed by atoms with Gasteiger partial charge in [0.1, 0.15) is 27.9 Å². The Hall–Kier alpha value is -2.90. The second kappa shape index (κ2) is 9.07. The quantitative estimate of drug-likeness (QED) is 0.629. The predicted molar refractivity (Wildman–Crippen MR) is 115 cm³/mol. The summed E-state index contributed by atoms with van der Waals surface area (Å²) in [5.41, 5.74) is 1.05. The summed E-state index contributed by atoms with van der Waals surface area (Å²) in [6, 6.07) is 11.5. The molecule has 1 heterocycles. The number of aliphatic imine (C=N–C) groups is 1. The van der Waals surface area contributed by atoms with Crippen LogP contribution in [-0.4, -0.2) is 34.9 Å². The van der Waals surface area contributed by atoms with E-state index in [0.29, 0.717) is 26.9 Å². The number of benzene rings is 2. The van der Waals surface area contributed by atoms with Crippen molar-refractivity contribution >= 4 is 46.1 Å². The monoisotopic (exact) mass is 431 g/mol. The number of para-hydroxylation sites is 1. The van der Waals surface area contributed by atoms with E-state index in [1.54, 1.807) is 43.3 Å². The molecular weight excluding hydrogens is 414 g/mol. The van der Waals surface area contributed by atoms with Gasteiger partial charge in [-0.3, -0.25) is 0 Å². The van der Waals surface area contributed by atoms with Crippen LogP contribution in [0.3, 0.4) is 0 Å². The first kappa shape index (κ1) is 20.8. The molecule has 0 spiro atoms. The van der Waals surface area contributed by atoms with Crippen LogP contribution < -0.4 is 4.74 Å². The fraction of sp³-hybridized carbons (Fsp3) is 0.143. The molecular formula is C21H18ClNO5S. The van der Waals surface area contributed by atoms with E-state index in [9.17, 15) is 15.0 Å². The molecule has 0 amide bonds. The Morgan fingerprint density at radius 2 is 2.00 bits per heavy atom. The Morgan fingerprint density at radius 3 is 2.69 bits per heavy atom. The molecule has 0 bridgehead atoms. The summed E-state index contributed by atoms with van der Waals surface area (Å²) < 4.78 is 10.4. The van der Waals surface area contributed by atoms with Crippen molar-refractivity contribution in [2.24, 2.45) is 4.99 Å². The van der Waals surface area contributed by atoms with E-state index in [0.717, 1.165) is 11.8 Å². The molecule has 6 nitrogen and oxygen atoms in total. The van der Waals surface area contributed by atoms with Gasteiger partial charge in [-0.2, -0.15) is 0 Å². The topological polar surface area (TPSA) is 88.4 Å². The molecule has 0 saturated carbocycles. The van der Waals surface area contributed by atoms with Crippen LogP contribution in [0.4, 0.5) is 5.69 Å². The third kappa shape index (κ3) is 4.58. The van der Waals surface area contributed by atoms with Crippen molar-refractivity contribution in [2.75, 3.05) is 13.7 Å². The van der Waals surface area contributed by atoms with Crippen LogP contribution >= 0.6 is 23.4 Å². The summed E-state index contributed by atoms with van der Waals surface area (Å²) >= 11 is 7.29. The number of phenols is 1. The lowest BCUT2D eigenvalue weighted by molar-refractivity contribution is -0.138. The lowest BCUT2D eigenvalue weighted by atomic mass is 10.1. The normalized spacial score (nSPS) is 16.5. The van der Waals surface area contributed by atoms with E-state index in [4.69, 9.17) is 21.1 Å². The van der Waals surface area contributed by atoms with Gasteiger partial charge in [0, 0.05) is 11.6 Å². The number of aliphatic hydroxyl groups is 1. The van der Waals surface area contributed by atoms with Crippen LogP contribution in [0.2, 0.25) is 5.02 Å². The van der Waals surface area contributed by atoms with Crippen LogP contribution in [0, 0.1) is 0 Å². The molecule has 0 saturated heterocycles. The minimum atomic E-state index is -0.677. The lowest BCUT2D eigenvalue weighted by Gasteiger charge is -2.06. The van der Waals surface area contributed by atoms with E-state index in [1.807, 2.05) is 0 Å². The zero-order valence-corrected chi connectivity index (χ0v) is 17.3. The summed E-state index contributed by atoms with van der Waals surface area (Å²) in [4.78, 5) is 17.3. The van der Waals surface area contributed by atoms with Crippen molar-refractivity contribution in [2.45, 2.75) is 6.92 Å². The molecule has 0 radical (unpaired) electrons. The molecule has 0 aliphatic carbocycles. The van der Waals surface area contributed by atoms with Crippen molar-refractivity contribution in [3.8, 4) is 11.5 Å². The number of aliphatic hydroxyl groups excluding tert-OH is 1. The van der Waals surface area contributed by atoms with E-state index in [-0.39, 0.29) is 28.7 Å². The number of thioether (sulfide) groups is 1. The summed E-state index contributed by atoms with van der Waals surface area (Å²) in [5, 5.41) is 21.1. The number of phenolic OH excluding ortho intramolecular Hbond substituents is 1. The average Bonchev–Trinajstić information content (AvgIpc) is 3.00. The second-order valence-electron chi connectivity index (χ2n) is 5.85. The third-order valence-electron chi connectivity index (χ3n) is 3.95. The summed E-state index contributed by atoms with van der Waals surface area (Å²) in [6.07, 6.45) is 1.65. The second-order valence-corrected chi connectivity index (χ2v) is 7.29. The average molecular weight is 432 g/mol. The molecule has 150 valence electrons. The van der Waals surface area contributed by atoms with Crippen LogP contribution in [0.25, 0.3) is 6.08 Å². The van der Waals surface area contributed by atoms with Crippen molar-refractivity contribution < 1.29 is 24.5 Å². The molecule has 8 heteroatoms. The maximum atomic E-state index is 12.5. The Balaban J connectivity index is 2.09. The number of esters is 1.